The van der Waals surface area contributed by atoms with Crippen LogP contribution in [0, 0.1) is 5.92 Å². The second kappa shape index (κ2) is 7.44. The van der Waals surface area contributed by atoms with Crippen LogP contribution < -0.4 is 10.6 Å². The Labute approximate surface area is 122 Å². The molecule has 20 heavy (non-hydrogen) atoms. The molecule has 1 saturated carbocycles. The van der Waals surface area contributed by atoms with Crippen molar-refractivity contribution in [3.8, 4) is 0 Å². The summed E-state index contributed by atoms with van der Waals surface area (Å²) in [5.74, 6) is 0.749. The SMILES string of the molecule is CC(=O)Nc1ccc(CNC2CCCCCC2C)cc1. The molecule has 110 valence electrons. The molecule has 2 rings (SSSR count). The minimum atomic E-state index is -0.0249. The van der Waals surface area contributed by atoms with Gasteiger partial charge in [0.25, 0.3) is 0 Å². The van der Waals surface area contributed by atoms with Gasteiger partial charge in [0.15, 0.2) is 0 Å². The molecule has 0 aliphatic heterocycles. The molecule has 1 amide bonds. The fourth-order valence-corrected chi connectivity index (χ4v) is 2.95. The summed E-state index contributed by atoms with van der Waals surface area (Å²) in [6.07, 6.45) is 6.76. The third-order valence-electron chi connectivity index (χ3n) is 4.20. The fourth-order valence-electron chi connectivity index (χ4n) is 2.95. The Bertz CT molecular complexity index is 427. The van der Waals surface area contributed by atoms with Gasteiger partial charge in [-0.2, -0.15) is 0 Å². The van der Waals surface area contributed by atoms with Crippen molar-refractivity contribution in [2.75, 3.05) is 5.32 Å². The van der Waals surface area contributed by atoms with Gasteiger partial charge in [0, 0.05) is 25.2 Å². The molecule has 0 radical (unpaired) electrons. The normalized spacial score (nSPS) is 23.1. The minimum Gasteiger partial charge on any atom is -0.326 e. The van der Waals surface area contributed by atoms with Crippen molar-refractivity contribution < 1.29 is 4.79 Å². The first-order valence-corrected chi connectivity index (χ1v) is 7.75. The maximum atomic E-state index is 11.0. The third-order valence-corrected chi connectivity index (χ3v) is 4.20. The van der Waals surface area contributed by atoms with E-state index in [-0.39, 0.29) is 5.91 Å². The molecular weight excluding hydrogens is 248 g/mol. The highest BCUT2D eigenvalue weighted by Gasteiger charge is 2.18. The van der Waals surface area contributed by atoms with E-state index in [1.807, 2.05) is 12.1 Å². The van der Waals surface area contributed by atoms with Crippen molar-refractivity contribution in [2.24, 2.45) is 5.92 Å². The first-order chi connectivity index (χ1) is 9.65. The number of amides is 1. The second-order valence-corrected chi connectivity index (χ2v) is 5.98. The average Bonchev–Trinajstić information content (AvgIpc) is 2.62. The Balaban J connectivity index is 1.85. The van der Waals surface area contributed by atoms with E-state index in [4.69, 9.17) is 0 Å². The highest BCUT2D eigenvalue weighted by molar-refractivity contribution is 5.88. The minimum absolute atomic E-state index is 0.0249. The molecule has 3 nitrogen and oxygen atoms in total. The predicted molar refractivity (Wildman–Crippen MR) is 83.6 cm³/mol. The van der Waals surface area contributed by atoms with Crippen LogP contribution in [0.2, 0.25) is 0 Å². The van der Waals surface area contributed by atoms with Crippen LogP contribution in [0.3, 0.4) is 0 Å². The van der Waals surface area contributed by atoms with Crippen LogP contribution in [0.15, 0.2) is 24.3 Å². The van der Waals surface area contributed by atoms with Crippen LogP contribution in [0.1, 0.15) is 51.5 Å². The van der Waals surface area contributed by atoms with E-state index in [2.05, 4.69) is 29.7 Å². The summed E-state index contributed by atoms with van der Waals surface area (Å²) < 4.78 is 0. The van der Waals surface area contributed by atoms with Crippen LogP contribution >= 0.6 is 0 Å². The van der Waals surface area contributed by atoms with Gasteiger partial charge in [-0.15, -0.1) is 0 Å². The number of hydrogen-bond acceptors (Lipinski definition) is 2. The molecule has 2 N–H and O–H groups in total. The summed E-state index contributed by atoms with van der Waals surface area (Å²) in [7, 11) is 0. The predicted octanol–water partition coefficient (Wildman–Crippen LogP) is 3.70. The topological polar surface area (TPSA) is 41.1 Å². The Morgan fingerprint density at radius 2 is 1.85 bits per heavy atom. The second-order valence-electron chi connectivity index (χ2n) is 5.98. The van der Waals surface area contributed by atoms with E-state index in [1.165, 1.54) is 44.6 Å². The van der Waals surface area contributed by atoms with Gasteiger partial charge in [0.05, 0.1) is 0 Å². The summed E-state index contributed by atoms with van der Waals surface area (Å²) in [5, 5.41) is 6.49. The largest absolute Gasteiger partial charge is 0.326 e. The van der Waals surface area contributed by atoms with Crippen molar-refractivity contribution in [2.45, 2.75) is 58.5 Å². The van der Waals surface area contributed by atoms with Crippen molar-refractivity contribution in [1.29, 1.82) is 0 Å². The van der Waals surface area contributed by atoms with E-state index < -0.39 is 0 Å². The lowest BCUT2D eigenvalue weighted by molar-refractivity contribution is -0.114. The molecule has 1 fully saturated rings. The first kappa shape index (κ1) is 15.0. The van der Waals surface area contributed by atoms with Gasteiger partial charge in [-0.1, -0.05) is 38.3 Å². The van der Waals surface area contributed by atoms with E-state index in [0.717, 1.165) is 18.2 Å². The Hall–Kier alpha value is -1.35. The monoisotopic (exact) mass is 274 g/mol. The number of benzene rings is 1. The average molecular weight is 274 g/mol. The lowest BCUT2D eigenvalue weighted by Crippen LogP contribution is -2.33. The maximum absolute atomic E-state index is 11.0. The number of rotatable bonds is 4. The van der Waals surface area contributed by atoms with Crippen LogP contribution in [-0.4, -0.2) is 11.9 Å². The molecule has 1 aliphatic rings. The first-order valence-electron chi connectivity index (χ1n) is 7.75. The molecular formula is C17H26N2O. The summed E-state index contributed by atoms with van der Waals surface area (Å²) in [4.78, 5) is 11.0. The summed E-state index contributed by atoms with van der Waals surface area (Å²) in [6, 6.07) is 8.75. The van der Waals surface area contributed by atoms with E-state index >= 15 is 0 Å². The molecule has 0 saturated heterocycles. The summed E-state index contributed by atoms with van der Waals surface area (Å²) in [6.45, 7) is 4.81. The van der Waals surface area contributed by atoms with Crippen molar-refractivity contribution in [3.05, 3.63) is 29.8 Å². The lowest BCUT2D eigenvalue weighted by atomic mass is 9.97. The van der Waals surface area contributed by atoms with E-state index in [9.17, 15) is 4.79 Å². The Morgan fingerprint density at radius 1 is 1.15 bits per heavy atom. The smallest absolute Gasteiger partial charge is 0.221 e. The number of nitrogens with one attached hydrogen (secondary N) is 2. The Kier molecular flexibility index (Phi) is 5.60. The number of carbonyl (C=O) groups is 1. The summed E-state index contributed by atoms with van der Waals surface area (Å²) >= 11 is 0. The number of anilines is 1. The zero-order valence-corrected chi connectivity index (χ0v) is 12.6. The van der Waals surface area contributed by atoms with Gasteiger partial charge < -0.3 is 10.6 Å². The highest BCUT2D eigenvalue weighted by Crippen LogP contribution is 2.23. The lowest BCUT2D eigenvalue weighted by Gasteiger charge is -2.23. The quantitative estimate of drug-likeness (QED) is 0.822. The van der Waals surface area contributed by atoms with Crippen LogP contribution in [0.5, 0.6) is 0 Å². The standard InChI is InChI=1S/C17H26N2O/c1-13-6-4-3-5-7-17(13)18-12-15-8-10-16(11-9-15)19-14(2)20/h8-11,13,17-18H,3-7,12H2,1-2H3,(H,19,20). The molecule has 2 atom stereocenters. The molecule has 3 heteroatoms. The Morgan fingerprint density at radius 3 is 2.55 bits per heavy atom. The molecule has 0 heterocycles. The molecule has 1 aromatic carbocycles. The molecule has 1 aromatic rings. The maximum Gasteiger partial charge on any atom is 0.221 e. The summed E-state index contributed by atoms with van der Waals surface area (Å²) in [5.41, 5.74) is 2.14. The number of hydrogen-bond donors (Lipinski definition) is 2. The molecule has 0 bridgehead atoms. The third kappa shape index (κ3) is 4.64. The fraction of sp³-hybridized carbons (Fsp3) is 0.588. The number of carbonyl (C=O) groups excluding carboxylic acids is 1. The van der Waals surface area contributed by atoms with Crippen LogP contribution in [0.4, 0.5) is 5.69 Å². The molecule has 1 aliphatic carbocycles. The van der Waals surface area contributed by atoms with Crippen molar-refractivity contribution in [1.82, 2.24) is 5.32 Å². The van der Waals surface area contributed by atoms with Crippen LogP contribution in [-0.2, 0) is 11.3 Å². The van der Waals surface area contributed by atoms with E-state index in [0.29, 0.717) is 6.04 Å². The van der Waals surface area contributed by atoms with Crippen LogP contribution in [0.25, 0.3) is 0 Å². The van der Waals surface area contributed by atoms with Gasteiger partial charge in [0.2, 0.25) is 5.91 Å². The van der Waals surface area contributed by atoms with Gasteiger partial charge in [0.1, 0.15) is 0 Å². The van der Waals surface area contributed by atoms with Gasteiger partial charge in [-0.25, -0.2) is 0 Å². The van der Waals surface area contributed by atoms with Gasteiger partial charge in [-0.05, 0) is 36.5 Å². The zero-order valence-electron chi connectivity index (χ0n) is 12.6. The molecule has 2 unspecified atom stereocenters. The van der Waals surface area contributed by atoms with Gasteiger partial charge >= 0.3 is 0 Å². The zero-order chi connectivity index (χ0) is 14.4. The van der Waals surface area contributed by atoms with E-state index in [1.54, 1.807) is 0 Å². The van der Waals surface area contributed by atoms with Crippen molar-refractivity contribution in [3.63, 3.8) is 0 Å². The molecule has 0 spiro atoms. The van der Waals surface area contributed by atoms with Gasteiger partial charge in [-0.3, -0.25) is 4.79 Å². The van der Waals surface area contributed by atoms with Crippen molar-refractivity contribution >= 4 is 11.6 Å². The highest BCUT2D eigenvalue weighted by atomic mass is 16.1. The molecule has 0 aromatic heterocycles.